The molecule has 0 aliphatic rings. The van der Waals surface area contributed by atoms with Gasteiger partial charge in [0.25, 0.3) is 0 Å². The number of nitrogens with one attached hydrogen (secondary N) is 1. The number of benzene rings is 1. The van der Waals surface area contributed by atoms with Crippen molar-refractivity contribution >= 4 is 40.5 Å². The molecule has 1 rings (SSSR count). The Balaban J connectivity index is 2.71. The highest BCUT2D eigenvalue weighted by atomic mass is 35.5. The Bertz CT molecular complexity index is 392. The molecule has 0 aromatic heterocycles. The van der Waals surface area contributed by atoms with Gasteiger partial charge >= 0.3 is 5.97 Å². The number of carbonyl (C=O) groups is 1. The molecule has 2 N–H and O–H groups in total. The van der Waals surface area contributed by atoms with Crippen molar-refractivity contribution in [1.29, 1.82) is 0 Å². The molecular weight excluding hydrogens is 287 g/mol. The minimum absolute atomic E-state index is 0.535. The molecule has 0 fully saturated rings. The van der Waals surface area contributed by atoms with Crippen LogP contribution in [-0.2, 0) is 4.79 Å². The Morgan fingerprint density at radius 3 is 2.21 bits per heavy atom. The molecule has 4 nitrogen and oxygen atoms in total. The summed E-state index contributed by atoms with van der Waals surface area (Å²) >= 11 is 11.5. The molecule has 1 unspecified atom stereocenters. The molecule has 0 spiro atoms. The first kappa shape index (κ1) is 15.9. The quantitative estimate of drug-likeness (QED) is 0.725. The van der Waals surface area contributed by atoms with Crippen LogP contribution in [0, 0.1) is 0 Å². The fourth-order valence-electron chi connectivity index (χ4n) is 1.65. The number of alkyl halides is 2. The molecule has 1 aromatic rings. The molecule has 1 aromatic carbocycles. The Labute approximate surface area is 123 Å². The van der Waals surface area contributed by atoms with Gasteiger partial charge in [-0.2, -0.15) is 0 Å². The third-order valence-corrected chi connectivity index (χ3v) is 3.03. The van der Waals surface area contributed by atoms with Gasteiger partial charge in [-0.3, -0.25) is 4.79 Å². The van der Waals surface area contributed by atoms with Crippen molar-refractivity contribution in [1.82, 2.24) is 0 Å². The highest BCUT2D eigenvalue weighted by molar-refractivity contribution is 6.18. The summed E-state index contributed by atoms with van der Waals surface area (Å²) in [6, 6.07) is 6.94. The van der Waals surface area contributed by atoms with E-state index in [1.54, 1.807) is 6.92 Å². The van der Waals surface area contributed by atoms with Gasteiger partial charge in [-0.1, -0.05) is 0 Å². The van der Waals surface area contributed by atoms with Crippen molar-refractivity contribution in [3.05, 3.63) is 24.3 Å². The van der Waals surface area contributed by atoms with Crippen molar-refractivity contribution in [3.63, 3.8) is 0 Å². The van der Waals surface area contributed by atoms with Gasteiger partial charge in [0.05, 0.1) is 0 Å². The molecule has 0 amide bonds. The van der Waals surface area contributed by atoms with E-state index in [4.69, 9.17) is 28.3 Å². The SMILES string of the molecule is CC(Nc1ccc(N(CCCl)CCCl)cc1)C(=O)O. The third-order valence-electron chi connectivity index (χ3n) is 2.69. The topological polar surface area (TPSA) is 52.6 Å². The van der Waals surface area contributed by atoms with Crippen LogP contribution in [0.2, 0.25) is 0 Å². The van der Waals surface area contributed by atoms with E-state index in [9.17, 15) is 4.79 Å². The maximum absolute atomic E-state index is 10.7. The van der Waals surface area contributed by atoms with Crippen LogP contribution in [-0.4, -0.2) is 42.0 Å². The van der Waals surface area contributed by atoms with E-state index in [0.717, 1.165) is 24.5 Å². The summed E-state index contributed by atoms with van der Waals surface area (Å²) in [5.41, 5.74) is 1.80. The van der Waals surface area contributed by atoms with Crippen LogP contribution < -0.4 is 10.2 Å². The maximum atomic E-state index is 10.7. The second-order valence-corrected chi connectivity index (χ2v) is 4.87. The maximum Gasteiger partial charge on any atom is 0.325 e. The molecule has 6 heteroatoms. The predicted octanol–water partition coefficient (Wildman–Crippen LogP) is 2.86. The van der Waals surface area contributed by atoms with Crippen LogP contribution in [0.3, 0.4) is 0 Å². The van der Waals surface area contributed by atoms with Gasteiger partial charge in [0.15, 0.2) is 0 Å². The van der Waals surface area contributed by atoms with E-state index in [0.29, 0.717) is 11.8 Å². The molecule has 0 aliphatic carbocycles. The molecule has 0 heterocycles. The van der Waals surface area contributed by atoms with Crippen molar-refractivity contribution in [2.45, 2.75) is 13.0 Å². The monoisotopic (exact) mass is 304 g/mol. The number of anilines is 2. The first-order valence-electron chi connectivity index (χ1n) is 6.04. The summed E-state index contributed by atoms with van der Waals surface area (Å²) in [7, 11) is 0. The fraction of sp³-hybridized carbons (Fsp3) is 0.462. The number of hydrogen-bond acceptors (Lipinski definition) is 3. The van der Waals surface area contributed by atoms with E-state index >= 15 is 0 Å². The average molecular weight is 305 g/mol. The van der Waals surface area contributed by atoms with Crippen LogP contribution >= 0.6 is 23.2 Å². The van der Waals surface area contributed by atoms with Gasteiger partial charge in [-0.05, 0) is 31.2 Å². The second kappa shape index (κ2) is 8.12. The Kier molecular flexibility index (Phi) is 6.81. The average Bonchev–Trinajstić information content (AvgIpc) is 2.39. The summed E-state index contributed by atoms with van der Waals surface area (Å²) in [4.78, 5) is 12.8. The van der Waals surface area contributed by atoms with Crippen LogP contribution in [0.1, 0.15) is 6.92 Å². The fourth-order valence-corrected chi connectivity index (χ4v) is 2.06. The zero-order chi connectivity index (χ0) is 14.3. The van der Waals surface area contributed by atoms with Gasteiger partial charge in [0, 0.05) is 36.2 Å². The highest BCUT2D eigenvalue weighted by Gasteiger charge is 2.10. The lowest BCUT2D eigenvalue weighted by molar-refractivity contribution is -0.137. The summed E-state index contributed by atoms with van der Waals surface area (Å²) in [6.45, 7) is 3.06. The lowest BCUT2D eigenvalue weighted by atomic mass is 10.2. The Morgan fingerprint density at radius 2 is 1.79 bits per heavy atom. The Morgan fingerprint density at radius 1 is 1.26 bits per heavy atom. The number of halogens is 2. The zero-order valence-electron chi connectivity index (χ0n) is 10.8. The van der Waals surface area contributed by atoms with Crippen molar-refractivity contribution in [2.75, 3.05) is 35.1 Å². The van der Waals surface area contributed by atoms with E-state index in [1.807, 2.05) is 24.3 Å². The van der Waals surface area contributed by atoms with E-state index in [-0.39, 0.29) is 0 Å². The lowest BCUT2D eigenvalue weighted by Gasteiger charge is -2.23. The van der Waals surface area contributed by atoms with Crippen LogP contribution in [0.15, 0.2) is 24.3 Å². The molecule has 19 heavy (non-hydrogen) atoms. The van der Waals surface area contributed by atoms with Gasteiger partial charge in [0.2, 0.25) is 0 Å². The van der Waals surface area contributed by atoms with Gasteiger partial charge in [0.1, 0.15) is 6.04 Å². The molecular formula is C13H18Cl2N2O2. The smallest absolute Gasteiger partial charge is 0.325 e. The van der Waals surface area contributed by atoms with Gasteiger partial charge in [-0.25, -0.2) is 0 Å². The first-order chi connectivity index (χ1) is 9.08. The molecule has 0 bridgehead atoms. The zero-order valence-corrected chi connectivity index (χ0v) is 12.3. The van der Waals surface area contributed by atoms with Crippen LogP contribution in [0.5, 0.6) is 0 Å². The van der Waals surface area contributed by atoms with E-state index in [2.05, 4.69) is 10.2 Å². The highest BCUT2D eigenvalue weighted by Crippen LogP contribution is 2.18. The standard InChI is InChI=1S/C13H18Cl2N2O2/c1-10(13(18)19)16-11-2-4-12(5-3-11)17(8-6-14)9-7-15/h2-5,10,16H,6-9H2,1H3,(H,18,19). The van der Waals surface area contributed by atoms with Crippen LogP contribution in [0.4, 0.5) is 11.4 Å². The van der Waals surface area contributed by atoms with E-state index < -0.39 is 12.0 Å². The van der Waals surface area contributed by atoms with E-state index in [1.165, 1.54) is 0 Å². The molecule has 106 valence electrons. The summed E-state index contributed by atoms with van der Waals surface area (Å²) < 4.78 is 0. The minimum Gasteiger partial charge on any atom is -0.480 e. The van der Waals surface area contributed by atoms with Crippen molar-refractivity contribution < 1.29 is 9.90 Å². The van der Waals surface area contributed by atoms with Gasteiger partial charge < -0.3 is 15.3 Å². The second-order valence-electron chi connectivity index (χ2n) is 4.12. The molecule has 0 saturated carbocycles. The molecule has 1 atom stereocenters. The first-order valence-corrected chi connectivity index (χ1v) is 7.11. The predicted molar refractivity (Wildman–Crippen MR) is 80.8 cm³/mol. The molecule has 0 radical (unpaired) electrons. The van der Waals surface area contributed by atoms with Crippen molar-refractivity contribution in [2.24, 2.45) is 0 Å². The normalized spacial score (nSPS) is 11.9. The lowest BCUT2D eigenvalue weighted by Crippen LogP contribution is -2.27. The number of carboxylic acids is 1. The van der Waals surface area contributed by atoms with Crippen LogP contribution in [0.25, 0.3) is 0 Å². The number of hydrogen-bond donors (Lipinski definition) is 2. The summed E-state index contributed by atoms with van der Waals surface area (Å²) in [5, 5.41) is 11.7. The largest absolute Gasteiger partial charge is 0.480 e. The summed E-state index contributed by atoms with van der Waals surface area (Å²) in [6.07, 6.45) is 0. The molecule has 0 aliphatic heterocycles. The molecule has 0 saturated heterocycles. The Hall–Kier alpha value is -1.13. The number of rotatable bonds is 8. The van der Waals surface area contributed by atoms with Gasteiger partial charge in [-0.15, -0.1) is 23.2 Å². The van der Waals surface area contributed by atoms with Crippen molar-refractivity contribution in [3.8, 4) is 0 Å². The number of carboxylic acid groups (broad SMARTS) is 1. The third kappa shape index (κ3) is 5.17. The summed E-state index contributed by atoms with van der Waals surface area (Å²) in [5.74, 6) is 0.190. The number of aliphatic carboxylic acids is 1. The number of nitrogens with zero attached hydrogens (tertiary/aromatic N) is 1. The minimum atomic E-state index is -0.880.